The smallest absolute Gasteiger partial charge is 0.277 e. The van der Waals surface area contributed by atoms with E-state index >= 15 is 0 Å². The molecule has 0 saturated carbocycles. The number of fused-ring (bicyclic) bond motifs is 1. The number of hydrogen-bond donors (Lipinski definition) is 2. The van der Waals surface area contributed by atoms with E-state index in [0.29, 0.717) is 25.2 Å². The average Bonchev–Trinajstić information content (AvgIpc) is 3.29. The number of nitrogens with two attached hydrogens (primary N) is 1. The molecule has 4 rings (SSSR count). The third kappa shape index (κ3) is 5.10. The second-order valence-electron chi connectivity index (χ2n) is 8.85. The van der Waals surface area contributed by atoms with Crippen molar-refractivity contribution in [3.8, 4) is 0 Å². The molecule has 13 heteroatoms. The number of anilines is 2. The number of likely N-dealkylation sites (N-methyl/N-ethyl adjacent to an activating group) is 1. The van der Waals surface area contributed by atoms with Gasteiger partial charge in [-0.25, -0.2) is 19.0 Å². The molecule has 2 aromatic heterocycles. The molecule has 3 amide bonds. The first-order valence-electron chi connectivity index (χ1n) is 11.5. The van der Waals surface area contributed by atoms with E-state index in [-0.39, 0.29) is 57.4 Å². The van der Waals surface area contributed by atoms with Crippen molar-refractivity contribution >= 4 is 51.9 Å². The minimum atomic E-state index is -0.804. The van der Waals surface area contributed by atoms with Crippen molar-refractivity contribution in [2.75, 3.05) is 38.2 Å². The maximum Gasteiger partial charge on any atom is 0.277 e. The lowest BCUT2D eigenvalue weighted by Crippen LogP contribution is -2.40. The van der Waals surface area contributed by atoms with Crippen LogP contribution in [-0.2, 0) is 16.0 Å². The molecule has 0 unspecified atom stereocenters. The van der Waals surface area contributed by atoms with Gasteiger partial charge in [-0.3, -0.25) is 14.4 Å². The van der Waals surface area contributed by atoms with Crippen LogP contribution in [0.1, 0.15) is 34.9 Å². The summed E-state index contributed by atoms with van der Waals surface area (Å²) in [5, 5.41) is 6.96. The third-order valence-electron chi connectivity index (χ3n) is 6.21. The highest BCUT2D eigenvalue weighted by Crippen LogP contribution is 2.31. The number of amides is 3. The zero-order valence-corrected chi connectivity index (χ0v) is 21.1. The normalized spacial score (nSPS) is 15.5. The highest BCUT2D eigenvalue weighted by atomic mass is 35.5. The molecule has 0 radical (unpaired) electrons. The van der Waals surface area contributed by atoms with E-state index in [2.05, 4.69) is 27.0 Å². The molecule has 0 aliphatic carbocycles. The molecular formula is C24H26ClFN8O3. The van der Waals surface area contributed by atoms with Gasteiger partial charge < -0.3 is 20.9 Å². The Morgan fingerprint density at radius 2 is 2.08 bits per heavy atom. The quantitative estimate of drug-likeness (QED) is 0.468. The second-order valence-corrected chi connectivity index (χ2v) is 9.23. The fraction of sp³-hybridized carbons (Fsp3) is 0.333. The molecule has 1 aliphatic rings. The third-order valence-corrected chi connectivity index (χ3v) is 6.58. The van der Waals surface area contributed by atoms with Crippen molar-refractivity contribution in [3.63, 3.8) is 0 Å². The minimum absolute atomic E-state index is 0.00348. The number of carbonyl (C=O) groups excluding carboxylic acids is 3. The van der Waals surface area contributed by atoms with Gasteiger partial charge in [0.2, 0.25) is 11.8 Å². The first-order chi connectivity index (χ1) is 17.6. The summed E-state index contributed by atoms with van der Waals surface area (Å²) < 4.78 is 16.5. The number of piperidine rings is 1. The van der Waals surface area contributed by atoms with Gasteiger partial charge >= 0.3 is 0 Å². The Kier molecular flexibility index (Phi) is 7.39. The zero-order valence-electron chi connectivity index (χ0n) is 20.4. The number of aromatic nitrogens is 4. The molecule has 3 aromatic rings. The molecule has 11 nitrogen and oxygen atoms in total. The predicted molar refractivity (Wildman–Crippen MR) is 137 cm³/mol. The first-order valence-corrected chi connectivity index (χ1v) is 11.9. The Hall–Kier alpha value is -4.06. The van der Waals surface area contributed by atoms with Crippen LogP contribution in [0.2, 0.25) is 5.02 Å². The van der Waals surface area contributed by atoms with E-state index in [1.807, 2.05) is 0 Å². The lowest BCUT2D eigenvalue weighted by molar-refractivity contribution is -0.128. The van der Waals surface area contributed by atoms with E-state index in [9.17, 15) is 18.8 Å². The van der Waals surface area contributed by atoms with Crippen LogP contribution in [0.4, 0.5) is 15.9 Å². The predicted octanol–water partition coefficient (Wildman–Crippen LogP) is 2.43. The molecule has 194 valence electrons. The molecule has 0 spiro atoms. The number of likely N-dealkylation sites (tertiary alicyclic amines) is 1. The summed E-state index contributed by atoms with van der Waals surface area (Å²) in [6.45, 7) is 4.49. The number of benzene rings is 1. The molecule has 1 atom stereocenters. The van der Waals surface area contributed by atoms with Crippen molar-refractivity contribution in [1.29, 1.82) is 0 Å². The largest absolute Gasteiger partial charge is 0.383 e. The molecule has 1 fully saturated rings. The number of nitrogens with one attached hydrogen (secondary N) is 1. The summed E-state index contributed by atoms with van der Waals surface area (Å²) in [6.07, 6.45) is 3.78. The first kappa shape index (κ1) is 26.0. The highest BCUT2D eigenvalue weighted by molar-refractivity contribution is 6.34. The summed E-state index contributed by atoms with van der Waals surface area (Å²) >= 11 is 6.19. The topological polar surface area (TPSA) is 139 Å². The van der Waals surface area contributed by atoms with Gasteiger partial charge in [-0.15, -0.1) is 0 Å². The SMILES string of the molecule is C=CC(=O)N1CCC[C@@H](n2nc(C(=O)Nc3ccc(CC(=O)N(C)C)c(F)c3Cl)c3c(N)ncnc32)C1. The van der Waals surface area contributed by atoms with Crippen molar-refractivity contribution in [1.82, 2.24) is 29.5 Å². The van der Waals surface area contributed by atoms with Gasteiger partial charge in [0.15, 0.2) is 11.3 Å². The van der Waals surface area contributed by atoms with Crippen LogP contribution >= 0.6 is 11.6 Å². The van der Waals surface area contributed by atoms with Crippen LogP contribution < -0.4 is 11.1 Å². The molecule has 0 bridgehead atoms. The molecule has 1 aromatic carbocycles. The van der Waals surface area contributed by atoms with Gasteiger partial charge in [-0.1, -0.05) is 24.2 Å². The van der Waals surface area contributed by atoms with Crippen LogP contribution in [-0.4, -0.2) is 74.5 Å². The maximum atomic E-state index is 14.9. The molecule has 37 heavy (non-hydrogen) atoms. The van der Waals surface area contributed by atoms with Crippen molar-refractivity contribution in [3.05, 3.63) is 53.2 Å². The van der Waals surface area contributed by atoms with Crippen LogP contribution in [0.25, 0.3) is 11.0 Å². The lowest BCUT2D eigenvalue weighted by atomic mass is 10.1. The Labute approximate surface area is 217 Å². The molecule has 1 saturated heterocycles. The van der Waals surface area contributed by atoms with Gasteiger partial charge in [0.05, 0.1) is 23.5 Å². The van der Waals surface area contributed by atoms with E-state index in [1.165, 1.54) is 29.4 Å². The number of halogens is 2. The number of nitrogens with zero attached hydrogens (tertiary/aromatic N) is 6. The Bertz CT molecular complexity index is 1410. The fourth-order valence-corrected chi connectivity index (χ4v) is 4.45. The minimum Gasteiger partial charge on any atom is -0.383 e. The molecule has 1 aliphatic heterocycles. The lowest BCUT2D eigenvalue weighted by Gasteiger charge is -2.32. The van der Waals surface area contributed by atoms with E-state index < -0.39 is 11.7 Å². The van der Waals surface area contributed by atoms with Crippen LogP contribution in [0.15, 0.2) is 31.1 Å². The zero-order chi connectivity index (χ0) is 26.9. The van der Waals surface area contributed by atoms with Crippen LogP contribution in [0.3, 0.4) is 0 Å². The van der Waals surface area contributed by atoms with Crippen molar-refractivity contribution in [2.45, 2.75) is 25.3 Å². The molecular weight excluding hydrogens is 503 g/mol. The standard InChI is InChI=1S/C24H26ClFN8O3/c1-4-16(35)33-9-5-6-14(11-33)34-23-18(22(27)28-12-29-23)21(31-34)24(37)30-15-8-7-13(20(26)19(15)25)10-17(36)32(2)3/h4,7-8,12,14H,1,5-6,9-11H2,2-3H3,(H,30,37)(H2,27,28,29)/t14-/m1/s1. The van der Waals surface area contributed by atoms with Crippen molar-refractivity contribution in [2.24, 2.45) is 0 Å². The number of nitrogen functional groups attached to an aromatic ring is 1. The summed E-state index contributed by atoms with van der Waals surface area (Å²) in [6, 6.07) is 2.55. The number of carbonyl (C=O) groups is 3. The Morgan fingerprint density at radius 1 is 1.32 bits per heavy atom. The van der Waals surface area contributed by atoms with Gasteiger partial charge in [0.1, 0.15) is 23.0 Å². The van der Waals surface area contributed by atoms with Gasteiger partial charge in [0.25, 0.3) is 5.91 Å². The van der Waals surface area contributed by atoms with Gasteiger partial charge in [0, 0.05) is 27.2 Å². The van der Waals surface area contributed by atoms with Crippen molar-refractivity contribution < 1.29 is 18.8 Å². The molecule has 3 heterocycles. The summed E-state index contributed by atoms with van der Waals surface area (Å²) in [5.41, 5.74) is 6.47. The second kappa shape index (κ2) is 10.5. The van der Waals surface area contributed by atoms with Crippen LogP contribution in [0, 0.1) is 5.82 Å². The molecule has 3 N–H and O–H groups in total. The number of rotatable bonds is 6. The van der Waals surface area contributed by atoms with Gasteiger partial charge in [-0.2, -0.15) is 5.10 Å². The van der Waals surface area contributed by atoms with E-state index in [0.717, 1.165) is 6.42 Å². The Morgan fingerprint density at radius 3 is 2.78 bits per heavy atom. The highest BCUT2D eigenvalue weighted by Gasteiger charge is 2.29. The van der Waals surface area contributed by atoms with Crippen LogP contribution in [0.5, 0.6) is 0 Å². The summed E-state index contributed by atoms with van der Waals surface area (Å²) in [7, 11) is 3.13. The van der Waals surface area contributed by atoms with E-state index in [1.54, 1.807) is 23.7 Å². The Balaban J connectivity index is 1.66. The maximum absolute atomic E-state index is 14.9. The monoisotopic (exact) mass is 528 g/mol. The van der Waals surface area contributed by atoms with Gasteiger partial charge in [-0.05, 0) is 30.5 Å². The number of hydrogen-bond acceptors (Lipinski definition) is 7. The fourth-order valence-electron chi connectivity index (χ4n) is 4.22. The average molecular weight is 529 g/mol. The summed E-state index contributed by atoms with van der Waals surface area (Å²) in [5.74, 6) is -1.94. The van der Waals surface area contributed by atoms with E-state index in [4.69, 9.17) is 17.3 Å². The summed E-state index contributed by atoms with van der Waals surface area (Å²) in [4.78, 5) is 48.7.